The van der Waals surface area contributed by atoms with E-state index in [2.05, 4.69) is 29.6 Å². The Morgan fingerprint density at radius 2 is 1.96 bits per heavy atom. The molecule has 1 aromatic heterocycles. The normalized spacial score (nSPS) is 16.2. The van der Waals surface area contributed by atoms with Crippen LogP contribution in [0.15, 0.2) is 66.0 Å². The summed E-state index contributed by atoms with van der Waals surface area (Å²) in [6.45, 7) is 0.642. The average Bonchev–Trinajstić information content (AvgIpc) is 3.10. The smallest absolute Gasteiger partial charge is 0.225 e. The molecular formula is C21H19NO2S. The van der Waals surface area contributed by atoms with Crippen LogP contribution in [0, 0.1) is 0 Å². The second-order valence-corrected chi connectivity index (χ2v) is 7.11. The third kappa shape index (κ3) is 3.59. The van der Waals surface area contributed by atoms with Crippen LogP contribution in [0.4, 0.5) is 5.69 Å². The molecule has 0 saturated carbocycles. The molecule has 1 unspecified atom stereocenters. The first-order valence-electron chi connectivity index (χ1n) is 8.43. The van der Waals surface area contributed by atoms with Gasteiger partial charge in [-0.05, 0) is 34.7 Å². The van der Waals surface area contributed by atoms with E-state index >= 15 is 0 Å². The van der Waals surface area contributed by atoms with Crippen LogP contribution in [0.2, 0.25) is 0 Å². The van der Waals surface area contributed by atoms with E-state index in [0.29, 0.717) is 13.0 Å². The highest BCUT2D eigenvalue weighted by atomic mass is 32.1. The molecule has 1 amide bonds. The van der Waals surface area contributed by atoms with Crippen LogP contribution in [-0.4, -0.2) is 12.5 Å². The second kappa shape index (κ2) is 7.11. The lowest BCUT2D eigenvalue weighted by molar-refractivity contribution is -0.116. The van der Waals surface area contributed by atoms with E-state index in [1.165, 1.54) is 10.4 Å². The number of ether oxygens (including phenoxy) is 1. The highest BCUT2D eigenvalue weighted by molar-refractivity contribution is 7.10. The Hall–Kier alpha value is -2.59. The number of fused-ring (bicyclic) bond motifs is 1. The van der Waals surface area contributed by atoms with Crippen molar-refractivity contribution in [1.29, 1.82) is 0 Å². The summed E-state index contributed by atoms with van der Waals surface area (Å²) >= 11 is 1.70. The van der Waals surface area contributed by atoms with Crippen molar-refractivity contribution in [3.63, 3.8) is 0 Å². The molecule has 1 aliphatic rings. The maximum atomic E-state index is 12.0. The largest absolute Gasteiger partial charge is 0.493 e. The van der Waals surface area contributed by atoms with Crippen molar-refractivity contribution in [3.05, 3.63) is 82.0 Å². The average molecular weight is 349 g/mol. The Morgan fingerprint density at radius 3 is 2.84 bits per heavy atom. The van der Waals surface area contributed by atoms with Gasteiger partial charge < -0.3 is 10.1 Å². The molecule has 4 heteroatoms. The number of benzene rings is 2. The number of nitrogens with one attached hydrogen (secondary N) is 1. The molecule has 1 atom stereocenters. The number of carbonyl (C=O) groups excluding carboxylic acids is 1. The molecule has 2 aromatic carbocycles. The highest BCUT2D eigenvalue weighted by Gasteiger charge is 2.27. The summed E-state index contributed by atoms with van der Waals surface area (Å²) in [5.74, 6) is 1.05. The summed E-state index contributed by atoms with van der Waals surface area (Å²) in [6.07, 6.45) is 1.37. The Bertz CT molecular complexity index is 872. The van der Waals surface area contributed by atoms with Crippen molar-refractivity contribution < 1.29 is 9.53 Å². The fourth-order valence-corrected chi connectivity index (χ4v) is 4.18. The van der Waals surface area contributed by atoms with Gasteiger partial charge in [-0.3, -0.25) is 4.79 Å². The molecule has 1 aliphatic heterocycles. The van der Waals surface area contributed by atoms with E-state index in [1.54, 1.807) is 11.3 Å². The predicted molar refractivity (Wildman–Crippen MR) is 101 cm³/mol. The van der Waals surface area contributed by atoms with Gasteiger partial charge in [0.15, 0.2) is 0 Å². The molecule has 3 aromatic rings. The van der Waals surface area contributed by atoms with Crippen molar-refractivity contribution in [2.45, 2.75) is 18.8 Å². The van der Waals surface area contributed by atoms with Gasteiger partial charge >= 0.3 is 0 Å². The molecule has 1 N–H and O–H groups in total. The Balaban J connectivity index is 1.48. The topological polar surface area (TPSA) is 38.3 Å². The molecular weight excluding hydrogens is 330 g/mol. The van der Waals surface area contributed by atoms with Crippen LogP contribution in [0.1, 0.15) is 28.3 Å². The Morgan fingerprint density at radius 1 is 1.08 bits per heavy atom. The van der Waals surface area contributed by atoms with Gasteiger partial charge in [0.1, 0.15) is 5.75 Å². The molecule has 0 bridgehead atoms. The number of rotatable bonds is 5. The molecule has 0 aliphatic carbocycles. The second-order valence-electron chi connectivity index (χ2n) is 6.16. The molecule has 3 nitrogen and oxygen atoms in total. The van der Waals surface area contributed by atoms with Crippen LogP contribution < -0.4 is 10.1 Å². The molecule has 0 spiro atoms. The van der Waals surface area contributed by atoms with E-state index in [4.69, 9.17) is 4.74 Å². The van der Waals surface area contributed by atoms with Crippen molar-refractivity contribution in [3.8, 4) is 5.75 Å². The first-order valence-corrected chi connectivity index (χ1v) is 9.31. The number of carbonyl (C=O) groups is 1. The summed E-state index contributed by atoms with van der Waals surface area (Å²) in [5, 5.41) is 4.98. The van der Waals surface area contributed by atoms with E-state index < -0.39 is 0 Å². The zero-order chi connectivity index (χ0) is 17.1. The van der Waals surface area contributed by atoms with E-state index in [-0.39, 0.29) is 11.8 Å². The van der Waals surface area contributed by atoms with Gasteiger partial charge in [-0.1, -0.05) is 42.5 Å². The van der Waals surface area contributed by atoms with E-state index in [1.807, 2.05) is 41.8 Å². The maximum Gasteiger partial charge on any atom is 0.225 e. The fourth-order valence-electron chi connectivity index (χ4n) is 3.20. The SMILES string of the molecule is O=C1CC(c2cccc(OCCc3ccccc3)c2)c2sccc2N1. The van der Waals surface area contributed by atoms with Gasteiger partial charge in [0.05, 0.1) is 12.3 Å². The maximum absolute atomic E-state index is 12.0. The monoisotopic (exact) mass is 349 g/mol. The molecule has 0 saturated heterocycles. The lowest BCUT2D eigenvalue weighted by atomic mass is 9.90. The van der Waals surface area contributed by atoms with Crippen LogP contribution >= 0.6 is 11.3 Å². The van der Waals surface area contributed by atoms with Gasteiger partial charge in [-0.15, -0.1) is 11.3 Å². The van der Waals surface area contributed by atoms with Crippen molar-refractivity contribution in [2.75, 3.05) is 11.9 Å². The summed E-state index contributed by atoms with van der Waals surface area (Å²) in [5.41, 5.74) is 3.35. The zero-order valence-electron chi connectivity index (χ0n) is 13.8. The lowest BCUT2D eigenvalue weighted by Crippen LogP contribution is -2.21. The Labute approximate surface area is 151 Å². The van der Waals surface area contributed by atoms with E-state index in [0.717, 1.165) is 23.4 Å². The summed E-state index contributed by atoms with van der Waals surface area (Å²) in [4.78, 5) is 13.2. The summed E-state index contributed by atoms with van der Waals surface area (Å²) in [7, 11) is 0. The lowest BCUT2D eigenvalue weighted by Gasteiger charge is -2.23. The van der Waals surface area contributed by atoms with E-state index in [9.17, 15) is 4.79 Å². The third-order valence-electron chi connectivity index (χ3n) is 4.44. The molecule has 2 heterocycles. The number of amides is 1. The minimum atomic E-state index is 0.0753. The van der Waals surface area contributed by atoms with Gasteiger partial charge in [0.25, 0.3) is 0 Å². The number of hydrogen-bond donors (Lipinski definition) is 1. The quantitative estimate of drug-likeness (QED) is 0.715. The minimum absolute atomic E-state index is 0.0753. The molecule has 0 radical (unpaired) electrons. The minimum Gasteiger partial charge on any atom is -0.493 e. The number of hydrogen-bond acceptors (Lipinski definition) is 3. The van der Waals surface area contributed by atoms with Gasteiger partial charge in [0, 0.05) is 23.6 Å². The van der Waals surface area contributed by atoms with Crippen LogP contribution in [0.5, 0.6) is 5.75 Å². The van der Waals surface area contributed by atoms with Crippen LogP contribution in [0.3, 0.4) is 0 Å². The predicted octanol–water partition coefficient (Wildman–Crippen LogP) is 4.84. The first-order chi connectivity index (χ1) is 12.3. The van der Waals surface area contributed by atoms with Gasteiger partial charge in [-0.25, -0.2) is 0 Å². The van der Waals surface area contributed by atoms with Crippen molar-refractivity contribution in [1.82, 2.24) is 0 Å². The summed E-state index contributed by atoms with van der Waals surface area (Å²) < 4.78 is 5.94. The van der Waals surface area contributed by atoms with Gasteiger partial charge in [-0.2, -0.15) is 0 Å². The van der Waals surface area contributed by atoms with Crippen LogP contribution in [-0.2, 0) is 11.2 Å². The molecule has 4 rings (SSSR count). The molecule has 25 heavy (non-hydrogen) atoms. The van der Waals surface area contributed by atoms with Crippen molar-refractivity contribution >= 4 is 22.9 Å². The highest BCUT2D eigenvalue weighted by Crippen LogP contribution is 2.41. The molecule has 126 valence electrons. The summed E-state index contributed by atoms with van der Waals surface area (Å²) in [6, 6.07) is 20.4. The molecule has 0 fully saturated rings. The van der Waals surface area contributed by atoms with Crippen molar-refractivity contribution in [2.24, 2.45) is 0 Å². The zero-order valence-corrected chi connectivity index (χ0v) is 14.6. The third-order valence-corrected chi connectivity index (χ3v) is 5.47. The number of thiophene rings is 1. The Kier molecular flexibility index (Phi) is 4.53. The van der Waals surface area contributed by atoms with Crippen LogP contribution in [0.25, 0.3) is 0 Å². The standard InChI is InChI=1S/C21H19NO2S/c23-20-14-18(21-19(22-20)10-12-25-21)16-7-4-8-17(13-16)24-11-9-15-5-2-1-3-6-15/h1-8,10,12-13,18H,9,11,14H2,(H,22,23). The first kappa shape index (κ1) is 15.9. The van der Waals surface area contributed by atoms with Gasteiger partial charge in [0.2, 0.25) is 5.91 Å². The number of anilines is 1. The fraction of sp³-hybridized carbons (Fsp3) is 0.190.